The average molecular weight is 622 g/mol. The number of hydrogen-bond acceptors (Lipinski definition) is 7. The van der Waals surface area contributed by atoms with E-state index in [1.165, 1.54) is 25.0 Å². The maximum absolute atomic E-state index is 14.9. The smallest absolute Gasteiger partial charge is 0.318 e. The molecular weight excluding hydrogens is 581 g/mol. The second kappa shape index (κ2) is 12.4. The second-order valence-electron chi connectivity index (χ2n) is 13.1. The van der Waals surface area contributed by atoms with Gasteiger partial charge in [-0.3, -0.25) is 9.69 Å². The first-order valence-electron chi connectivity index (χ1n) is 16.5. The number of amides is 1. The zero-order chi connectivity index (χ0) is 31.8. The van der Waals surface area contributed by atoms with Gasteiger partial charge in [-0.25, -0.2) is 4.39 Å². The van der Waals surface area contributed by atoms with Crippen molar-refractivity contribution in [3.8, 4) is 24.1 Å². The molecule has 1 unspecified atom stereocenters. The van der Waals surface area contributed by atoms with Crippen molar-refractivity contribution in [1.82, 2.24) is 20.2 Å². The molecule has 3 fully saturated rings. The topological polar surface area (TPSA) is 90.8 Å². The van der Waals surface area contributed by atoms with Crippen LogP contribution in [0.3, 0.4) is 0 Å². The zero-order valence-electron chi connectivity index (χ0n) is 26.2. The SMILES string of the molecule is C#Cc1c(F)ccc2cc(O)cc(C3=Cc4nc(OCC56CCCN5CCC6)nc(N5CCCCC(NC(=O)C=C)C5)c4CC3)c12. The Hall–Kier alpha value is -4.42. The van der Waals surface area contributed by atoms with Gasteiger partial charge in [0.2, 0.25) is 5.91 Å². The van der Waals surface area contributed by atoms with E-state index in [0.29, 0.717) is 48.3 Å². The van der Waals surface area contributed by atoms with E-state index < -0.39 is 5.82 Å². The van der Waals surface area contributed by atoms with Gasteiger partial charge in [0.25, 0.3) is 0 Å². The Kier molecular flexibility index (Phi) is 8.16. The molecule has 1 aliphatic carbocycles. The fraction of sp³-hybridized carbons (Fsp3) is 0.432. The maximum atomic E-state index is 14.9. The Morgan fingerprint density at radius 1 is 1.17 bits per heavy atom. The van der Waals surface area contributed by atoms with Crippen molar-refractivity contribution in [3.63, 3.8) is 0 Å². The summed E-state index contributed by atoms with van der Waals surface area (Å²) in [6.07, 6.45) is 17.8. The lowest BCUT2D eigenvalue weighted by Gasteiger charge is -2.32. The number of ether oxygens (including phenoxy) is 1. The standard InChI is InChI=1S/C37H40FN5O3/c1-3-28-31(38)13-11-25-19-27(44)21-30(34(25)28)24-10-12-29-32(20-24)40-36(46-23-37-14-7-17-43(37)18-8-15-37)41-35(29)42-16-6-5-9-26(22-42)39-33(45)4-2/h1,4,11,13,19-21,26,44H,2,5-10,12,14-18,22-23H2,(H,39,45). The Morgan fingerprint density at radius 3 is 2.78 bits per heavy atom. The number of aromatic hydroxyl groups is 1. The summed E-state index contributed by atoms with van der Waals surface area (Å²) >= 11 is 0. The lowest BCUT2D eigenvalue weighted by atomic mass is 9.87. The minimum atomic E-state index is -0.467. The number of phenolic OH excluding ortho intramolecular Hbond substituents is 1. The number of carbonyl (C=O) groups is 1. The van der Waals surface area contributed by atoms with Gasteiger partial charge in [-0.15, -0.1) is 6.42 Å². The minimum absolute atomic E-state index is 0.0298. The van der Waals surface area contributed by atoms with Gasteiger partial charge in [-0.05, 0) is 118 Å². The van der Waals surface area contributed by atoms with Crippen molar-refractivity contribution in [2.24, 2.45) is 0 Å². The van der Waals surface area contributed by atoms with Crippen molar-refractivity contribution in [3.05, 3.63) is 65.1 Å². The minimum Gasteiger partial charge on any atom is -0.508 e. The Labute approximate surface area is 269 Å². The van der Waals surface area contributed by atoms with Crippen LogP contribution in [-0.2, 0) is 11.2 Å². The first kappa shape index (κ1) is 30.2. The summed E-state index contributed by atoms with van der Waals surface area (Å²) < 4.78 is 21.4. The number of allylic oxidation sites excluding steroid dienone is 1. The molecule has 4 heterocycles. The molecule has 2 N–H and O–H groups in total. The highest BCUT2D eigenvalue weighted by atomic mass is 19.1. The Balaban J connectivity index is 1.31. The summed E-state index contributed by atoms with van der Waals surface area (Å²) in [5.74, 6) is 2.81. The van der Waals surface area contributed by atoms with Gasteiger partial charge in [0.1, 0.15) is 24.0 Å². The average Bonchev–Trinajstić information content (AvgIpc) is 3.56. The number of phenols is 1. The highest BCUT2D eigenvalue weighted by Crippen LogP contribution is 2.42. The first-order chi connectivity index (χ1) is 22.4. The molecule has 4 aliphatic rings. The predicted octanol–water partition coefficient (Wildman–Crippen LogP) is 5.61. The van der Waals surface area contributed by atoms with E-state index in [-0.39, 0.29) is 28.8 Å². The molecule has 1 atom stereocenters. The van der Waals surface area contributed by atoms with E-state index in [4.69, 9.17) is 21.1 Å². The monoisotopic (exact) mass is 621 g/mol. The number of terminal acetylenes is 1. The van der Waals surface area contributed by atoms with Crippen LogP contribution in [0.25, 0.3) is 22.4 Å². The number of halogens is 1. The van der Waals surface area contributed by atoms with Gasteiger partial charge in [-0.1, -0.05) is 18.6 Å². The van der Waals surface area contributed by atoms with Crippen molar-refractivity contribution in [2.45, 2.75) is 69.4 Å². The van der Waals surface area contributed by atoms with E-state index in [0.717, 1.165) is 74.4 Å². The van der Waals surface area contributed by atoms with Crippen LogP contribution in [0.1, 0.15) is 73.8 Å². The molecule has 0 spiro atoms. The molecule has 8 nitrogen and oxygen atoms in total. The molecule has 1 amide bonds. The lowest BCUT2D eigenvalue weighted by Crippen LogP contribution is -2.44. The quantitative estimate of drug-likeness (QED) is 0.262. The zero-order valence-corrected chi connectivity index (χ0v) is 26.2. The van der Waals surface area contributed by atoms with Gasteiger partial charge in [-0.2, -0.15) is 9.97 Å². The first-order valence-corrected chi connectivity index (χ1v) is 16.5. The maximum Gasteiger partial charge on any atom is 0.318 e. The summed E-state index contributed by atoms with van der Waals surface area (Å²) in [6.45, 7) is 7.81. The number of carbonyl (C=O) groups excluding carboxylic acids is 1. The number of rotatable bonds is 7. The third-order valence-corrected chi connectivity index (χ3v) is 10.3. The molecule has 46 heavy (non-hydrogen) atoms. The van der Waals surface area contributed by atoms with E-state index >= 15 is 0 Å². The highest BCUT2D eigenvalue weighted by Gasteiger charge is 2.45. The molecule has 3 saturated heterocycles. The molecule has 7 rings (SSSR count). The molecule has 238 valence electrons. The van der Waals surface area contributed by atoms with Crippen molar-refractivity contribution < 1.29 is 19.0 Å². The number of anilines is 1. The van der Waals surface area contributed by atoms with Crippen LogP contribution in [-0.4, -0.2) is 70.2 Å². The Bertz CT molecular complexity index is 1770. The largest absolute Gasteiger partial charge is 0.508 e. The van der Waals surface area contributed by atoms with Crippen LogP contribution in [0.5, 0.6) is 11.8 Å². The van der Waals surface area contributed by atoms with Crippen LogP contribution < -0.4 is 15.0 Å². The highest BCUT2D eigenvalue weighted by molar-refractivity contribution is 6.02. The summed E-state index contributed by atoms with van der Waals surface area (Å²) in [5, 5.41) is 15.0. The number of hydrogen-bond donors (Lipinski definition) is 2. The summed E-state index contributed by atoms with van der Waals surface area (Å²) in [6, 6.07) is 6.57. The molecule has 9 heteroatoms. The lowest BCUT2D eigenvalue weighted by molar-refractivity contribution is -0.117. The molecule has 3 aliphatic heterocycles. The van der Waals surface area contributed by atoms with Crippen LogP contribution in [0.2, 0.25) is 0 Å². The second-order valence-corrected chi connectivity index (χ2v) is 13.1. The fourth-order valence-corrected chi connectivity index (χ4v) is 8.05. The number of nitrogens with one attached hydrogen (secondary N) is 1. The van der Waals surface area contributed by atoms with Crippen LogP contribution in [0, 0.1) is 18.2 Å². The number of fused-ring (bicyclic) bond motifs is 3. The molecule has 0 bridgehead atoms. The van der Waals surface area contributed by atoms with Crippen molar-refractivity contribution in [1.29, 1.82) is 0 Å². The van der Waals surface area contributed by atoms with Gasteiger partial charge in [0.15, 0.2) is 0 Å². The van der Waals surface area contributed by atoms with Crippen molar-refractivity contribution in [2.75, 3.05) is 37.7 Å². The third kappa shape index (κ3) is 5.60. The van der Waals surface area contributed by atoms with Crippen LogP contribution >= 0.6 is 0 Å². The summed E-state index contributed by atoms with van der Waals surface area (Å²) in [4.78, 5) is 27.1. The summed E-state index contributed by atoms with van der Waals surface area (Å²) in [5.41, 5.74) is 3.60. The Morgan fingerprint density at radius 2 is 2.00 bits per heavy atom. The van der Waals surface area contributed by atoms with Crippen LogP contribution in [0.4, 0.5) is 10.2 Å². The van der Waals surface area contributed by atoms with E-state index in [1.807, 2.05) is 6.08 Å². The van der Waals surface area contributed by atoms with Gasteiger partial charge < -0.3 is 20.1 Å². The molecular formula is C37H40FN5O3. The van der Waals surface area contributed by atoms with Gasteiger partial charge in [0, 0.05) is 30.1 Å². The number of benzene rings is 2. The van der Waals surface area contributed by atoms with E-state index in [2.05, 4.69) is 27.6 Å². The molecule has 0 radical (unpaired) electrons. The summed E-state index contributed by atoms with van der Waals surface area (Å²) in [7, 11) is 0. The number of nitrogens with zero attached hydrogens (tertiary/aromatic N) is 4. The third-order valence-electron chi connectivity index (χ3n) is 10.3. The molecule has 1 aromatic heterocycles. The normalized spacial score (nSPS) is 20.7. The number of aromatic nitrogens is 2. The predicted molar refractivity (Wildman–Crippen MR) is 178 cm³/mol. The van der Waals surface area contributed by atoms with Crippen molar-refractivity contribution >= 4 is 34.1 Å². The van der Waals surface area contributed by atoms with Crippen LogP contribution in [0.15, 0.2) is 36.9 Å². The van der Waals surface area contributed by atoms with E-state index in [9.17, 15) is 14.3 Å². The molecule has 0 saturated carbocycles. The molecule has 2 aromatic carbocycles. The van der Waals surface area contributed by atoms with Gasteiger partial charge >= 0.3 is 6.01 Å². The molecule has 3 aromatic rings. The fourth-order valence-electron chi connectivity index (χ4n) is 8.05. The van der Waals surface area contributed by atoms with E-state index in [1.54, 1.807) is 18.2 Å². The van der Waals surface area contributed by atoms with Gasteiger partial charge in [0.05, 0.1) is 16.8 Å².